The molecule has 192 valence electrons. The van der Waals surface area contributed by atoms with Crippen LogP contribution in [0, 0.1) is 0 Å². The molecule has 37 heavy (non-hydrogen) atoms. The molecule has 0 saturated carbocycles. The Labute approximate surface area is 221 Å². The minimum Gasteiger partial charge on any atom is -0.449 e. The molecule has 7 nitrogen and oxygen atoms in total. The SMILES string of the molecule is C[N+](C(=O)c1ccccc1Cl)(C1CCN(c2ccncc2)CC1)C1CCCc2ccc(OC(=O)O)cc21. The van der Waals surface area contributed by atoms with E-state index in [1.54, 1.807) is 30.6 Å². The molecule has 0 bridgehead atoms. The number of nitrogens with zero attached hydrogens (tertiary/aromatic N) is 3. The number of aromatic nitrogens is 1. The van der Waals surface area contributed by atoms with E-state index in [1.807, 2.05) is 43.4 Å². The molecule has 0 spiro atoms. The summed E-state index contributed by atoms with van der Waals surface area (Å²) >= 11 is 6.56. The van der Waals surface area contributed by atoms with Crippen LogP contribution in [0.1, 0.15) is 53.2 Å². The maximum Gasteiger partial charge on any atom is 0.511 e. The predicted molar refractivity (Wildman–Crippen MR) is 142 cm³/mol. The standard InChI is InChI=1S/C29H30ClN3O4/c1-33(28(34)24-6-2-3-7-26(24)30,22-13-17-32(18-14-22)21-11-15-31-16-12-21)27-8-4-5-20-9-10-23(19-25(20)27)37-29(35)36/h2-3,6-7,9-12,15-16,19,22,27H,4-5,8,13-14,17-18H2,1H3/p+1. The van der Waals surface area contributed by atoms with E-state index in [2.05, 4.69) is 9.88 Å². The number of rotatable bonds is 5. The highest BCUT2D eigenvalue weighted by atomic mass is 35.5. The van der Waals surface area contributed by atoms with Gasteiger partial charge >= 0.3 is 12.1 Å². The number of quaternary nitrogens is 1. The summed E-state index contributed by atoms with van der Waals surface area (Å²) in [5, 5.41) is 9.63. The van der Waals surface area contributed by atoms with Crippen molar-refractivity contribution in [2.24, 2.45) is 0 Å². The number of benzene rings is 2. The number of ether oxygens (including phenoxy) is 1. The molecule has 2 aromatic carbocycles. The van der Waals surface area contributed by atoms with Gasteiger partial charge in [-0.3, -0.25) is 4.98 Å². The van der Waals surface area contributed by atoms with Gasteiger partial charge in [0, 0.05) is 56.0 Å². The Bertz CT molecular complexity index is 1290. The highest BCUT2D eigenvalue weighted by molar-refractivity contribution is 6.33. The van der Waals surface area contributed by atoms with Gasteiger partial charge in [-0.25, -0.2) is 14.1 Å². The summed E-state index contributed by atoms with van der Waals surface area (Å²) < 4.78 is 5.20. The van der Waals surface area contributed by atoms with Crippen LogP contribution in [0.25, 0.3) is 0 Å². The Morgan fingerprint density at radius 1 is 1.05 bits per heavy atom. The van der Waals surface area contributed by atoms with Crippen LogP contribution in [-0.2, 0) is 6.42 Å². The van der Waals surface area contributed by atoms with Crippen molar-refractivity contribution in [1.29, 1.82) is 0 Å². The van der Waals surface area contributed by atoms with E-state index in [1.165, 1.54) is 0 Å². The molecule has 3 aromatic rings. The van der Waals surface area contributed by atoms with Gasteiger partial charge in [0.05, 0.1) is 23.7 Å². The lowest BCUT2D eigenvalue weighted by atomic mass is 9.82. The molecule has 8 heteroatoms. The highest BCUT2D eigenvalue weighted by Crippen LogP contribution is 2.45. The molecule has 1 fully saturated rings. The second-order valence-electron chi connectivity index (χ2n) is 9.99. The summed E-state index contributed by atoms with van der Waals surface area (Å²) in [6.45, 7) is 1.67. The average Bonchev–Trinajstić information content (AvgIpc) is 2.92. The summed E-state index contributed by atoms with van der Waals surface area (Å²) in [5.41, 5.74) is 3.79. The summed E-state index contributed by atoms with van der Waals surface area (Å²) in [6, 6.07) is 16.7. The third kappa shape index (κ3) is 4.93. The minimum atomic E-state index is -1.35. The third-order valence-electron chi connectivity index (χ3n) is 8.05. The normalized spacial score (nSPS) is 19.5. The molecule has 1 saturated heterocycles. The maximum atomic E-state index is 14.5. The van der Waals surface area contributed by atoms with E-state index in [0.29, 0.717) is 10.6 Å². The Kier molecular flexibility index (Phi) is 7.17. The Balaban J connectivity index is 1.54. The molecule has 0 radical (unpaired) electrons. The molecule has 1 aromatic heterocycles. The van der Waals surface area contributed by atoms with Gasteiger partial charge in [-0.05, 0) is 54.8 Å². The van der Waals surface area contributed by atoms with E-state index in [0.717, 1.165) is 62.0 Å². The van der Waals surface area contributed by atoms with Crippen LogP contribution in [0.3, 0.4) is 0 Å². The number of pyridine rings is 1. The quantitative estimate of drug-likeness (QED) is 0.248. The molecular formula is C29H31ClN3O4+. The van der Waals surface area contributed by atoms with Crippen LogP contribution in [0.2, 0.25) is 5.02 Å². The van der Waals surface area contributed by atoms with Crippen molar-refractivity contribution < 1.29 is 23.9 Å². The summed E-state index contributed by atoms with van der Waals surface area (Å²) in [7, 11) is 2.04. The third-order valence-corrected chi connectivity index (χ3v) is 8.37. The van der Waals surface area contributed by atoms with E-state index >= 15 is 0 Å². The van der Waals surface area contributed by atoms with Crippen molar-refractivity contribution in [3.63, 3.8) is 0 Å². The number of hydrogen-bond acceptors (Lipinski definition) is 5. The Hall–Kier alpha value is -3.42. The number of carbonyl (C=O) groups is 2. The van der Waals surface area contributed by atoms with E-state index in [4.69, 9.17) is 16.3 Å². The number of halogens is 1. The average molecular weight is 521 g/mol. The van der Waals surface area contributed by atoms with Crippen molar-refractivity contribution >= 4 is 29.4 Å². The maximum absolute atomic E-state index is 14.5. The van der Waals surface area contributed by atoms with Crippen molar-refractivity contribution in [2.45, 2.75) is 44.2 Å². The van der Waals surface area contributed by atoms with E-state index in [-0.39, 0.29) is 28.2 Å². The highest BCUT2D eigenvalue weighted by Gasteiger charge is 2.50. The number of piperidine rings is 1. The van der Waals surface area contributed by atoms with E-state index < -0.39 is 6.16 Å². The Morgan fingerprint density at radius 2 is 1.78 bits per heavy atom. The topological polar surface area (TPSA) is 79.7 Å². The molecule has 2 aliphatic rings. The molecular weight excluding hydrogens is 490 g/mol. The van der Waals surface area contributed by atoms with Crippen LogP contribution in [0.5, 0.6) is 5.75 Å². The number of aryl methyl sites for hydroxylation is 1. The van der Waals surface area contributed by atoms with Crippen LogP contribution in [0.15, 0.2) is 67.0 Å². The molecule has 2 atom stereocenters. The van der Waals surface area contributed by atoms with Crippen molar-refractivity contribution in [2.75, 3.05) is 25.0 Å². The van der Waals surface area contributed by atoms with Crippen molar-refractivity contribution in [1.82, 2.24) is 4.98 Å². The summed E-state index contributed by atoms with van der Waals surface area (Å²) in [6.07, 6.45) is 6.60. The fourth-order valence-electron chi connectivity index (χ4n) is 6.14. The first-order valence-corrected chi connectivity index (χ1v) is 13.1. The molecule has 5 rings (SSSR count). The van der Waals surface area contributed by atoms with Gasteiger partial charge in [-0.15, -0.1) is 0 Å². The fourth-order valence-corrected chi connectivity index (χ4v) is 6.36. The zero-order valence-electron chi connectivity index (χ0n) is 20.8. The second kappa shape index (κ2) is 10.5. The zero-order chi connectivity index (χ0) is 26.0. The Morgan fingerprint density at radius 3 is 2.49 bits per heavy atom. The molecule has 1 amide bonds. The van der Waals surface area contributed by atoms with Gasteiger partial charge in [-0.1, -0.05) is 29.8 Å². The number of carboxylic acid groups (broad SMARTS) is 1. The largest absolute Gasteiger partial charge is 0.511 e. The first-order chi connectivity index (χ1) is 17.9. The van der Waals surface area contributed by atoms with Crippen molar-refractivity contribution in [3.8, 4) is 5.75 Å². The van der Waals surface area contributed by atoms with Crippen LogP contribution in [0.4, 0.5) is 10.5 Å². The lowest BCUT2D eigenvalue weighted by Crippen LogP contribution is -2.61. The number of hydrogen-bond donors (Lipinski definition) is 1. The van der Waals surface area contributed by atoms with E-state index in [9.17, 15) is 14.7 Å². The van der Waals surface area contributed by atoms with Crippen LogP contribution < -0.4 is 9.64 Å². The van der Waals surface area contributed by atoms with Gasteiger partial charge < -0.3 is 14.7 Å². The van der Waals surface area contributed by atoms with Gasteiger partial charge in [0.15, 0.2) is 0 Å². The van der Waals surface area contributed by atoms with Gasteiger partial charge in [0.1, 0.15) is 11.8 Å². The molecule has 1 N–H and O–H groups in total. The van der Waals surface area contributed by atoms with Gasteiger partial charge in [0.2, 0.25) is 0 Å². The molecule has 1 aliphatic heterocycles. The number of amides is 1. The summed E-state index contributed by atoms with van der Waals surface area (Å²) in [4.78, 5) is 32.2. The first-order valence-electron chi connectivity index (χ1n) is 12.7. The van der Waals surface area contributed by atoms with Crippen molar-refractivity contribution in [3.05, 3.63) is 88.7 Å². The number of carbonyl (C=O) groups excluding carboxylic acids is 1. The molecule has 1 aliphatic carbocycles. The minimum absolute atomic E-state index is 0.00429. The lowest BCUT2D eigenvalue weighted by Gasteiger charge is -2.49. The lowest BCUT2D eigenvalue weighted by molar-refractivity contribution is -0.888. The number of fused-ring (bicyclic) bond motifs is 1. The van der Waals surface area contributed by atoms with Gasteiger partial charge in [0.25, 0.3) is 0 Å². The zero-order valence-corrected chi connectivity index (χ0v) is 21.6. The second-order valence-corrected chi connectivity index (χ2v) is 10.4. The summed E-state index contributed by atoms with van der Waals surface area (Å²) in [5.74, 6) is 0.276. The molecule has 2 heterocycles. The first kappa shape index (κ1) is 25.2. The molecule has 2 unspecified atom stereocenters. The monoisotopic (exact) mass is 520 g/mol. The smallest absolute Gasteiger partial charge is 0.449 e. The van der Waals surface area contributed by atoms with Crippen LogP contribution >= 0.6 is 11.6 Å². The predicted octanol–water partition coefficient (Wildman–Crippen LogP) is 6.13. The number of anilines is 1. The fraction of sp³-hybridized carbons (Fsp3) is 0.345. The van der Waals surface area contributed by atoms with Crippen LogP contribution in [-0.4, -0.2) is 52.8 Å². The van der Waals surface area contributed by atoms with Gasteiger partial charge in [-0.2, -0.15) is 0 Å².